The third-order valence-electron chi connectivity index (χ3n) is 3.95. The second kappa shape index (κ2) is 8.66. The molecule has 0 fully saturated rings. The summed E-state index contributed by atoms with van der Waals surface area (Å²) >= 11 is 12.0. The predicted molar refractivity (Wildman–Crippen MR) is 102 cm³/mol. The minimum Gasteiger partial charge on any atom is -0.482 e. The number of aliphatic hydroxyl groups is 1. The van der Waals surface area contributed by atoms with Crippen molar-refractivity contribution in [2.45, 2.75) is 38.1 Å². The van der Waals surface area contributed by atoms with E-state index >= 15 is 0 Å². The molecule has 1 aromatic heterocycles. The van der Waals surface area contributed by atoms with Crippen LogP contribution in [0.1, 0.15) is 37.5 Å². The summed E-state index contributed by atoms with van der Waals surface area (Å²) < 4.78 is 57.4. The number of anilines is 1. The molecule has 0 aliphatic heterocycles. The van der Waals surface area contributed by atoms with Crippen LogP contribution in [0.4, 0.5) is 23.4 Å². The summed E-state index contributed by atoms with van der Waals surface area (Å²) in [4.78, 5) is 3.88. The SMILES string of the molecule is C[C@@H](Oc1cc(C#CCC(C)(O)C(F)(F)F)cnc1N)c1c(Cl)ccc(F)c1Cl. The Morgan fingerprint density at radius 2 is 1.97 bits per heavy atom. The number of nitrogens with zero attached hydrogens (tertiary/aromatic N) is 1. The molecule has 0 saturated heterocycles. The van der Waals surface area contributed by atoms with E-state index in [0.717, 1.165) is 6.07 Å². The molecule has 1 aromatic carbocycles. The van der Waals surface area contributed by atoms with Crippen LogP contribution in [0.15, 0.2) is 24.4 Å². The number of nitrogen functional groups attached to an aromatic ring is 1. The summed E-state index contributed by atoms with van der Waals surface area (Å²) in [7, 11) is 0. The Morgan fingerprint density at radius 3 is 2.59 bits per heavy atom. The number of alkyl halides is 3. The molecule has 1 unspecified atom stereocenters. The van der Waals surface area contributed by atoms with Crippen LogP contribution in [0.5, 0.6) is 5.75 Å². The lowest BCUT2D eigenvalue weighted by atomic mass is 10.0. The standard InChI is InChI=1S/C19H16Cl2F4N2O2/c1-10(15-12(20)5-6-13(22)16(15)21)29-14-8-11(9-27-17(14)26)4-3-7-18(2,28)19(23,24)25/h5-6,8-10,28H,7H2,1-2H3,(H2,26,27)/t10-,18?/m1/s1. The van der Waals surface area contributed by atoms with Crippen molar-refractivity contribution in [1.29, 1.82) is 0 Å². The van der Waals surface area contributed by atoms with Gasteiger partial charge in [-0.25, -0.2) is 9.37 Å². The largest absolute Gasteiger partial charge is 0.482 e. The molecule has 2 aromatic rings. The number of halogens is 6. The first kappa shape index (κ1) is 23.1. The van der Waals surface area contributed by atoms with Crippen LogP contribution in [0.25, 0.3) is 0 Å². The minimum absolute atomic E-state index is 0.0201. The average molecular weight is 451 g/mol. The number of nitrogens with two attached hydrogens (primary N) is 1. The molecule has 0 aliphatic carbocycles. The van der Waals surface area contributed by atoms with Crippen molar-refractivity contribution < 1.29 is 27.4 Å². The zero-order chi connectivity index (χ0) is 22.0. The van der Waals surface area contributed by atoms with E-state index in [1.165, 1.54) is 18.3 Å². The van der Waals surface area contributed by atoms with Crippen LogP contribution in [0, 0.1) is 17.7 Å². The summed E-state index contributed by atoms with van der Waals surface area (Å²) in [6.07, 6.45) is -5.22. The molecule has 0 saturated carbocycles. The Balaban J connectivity index is 2.25. The van der Waals surface area contributed by atoms with Gasteiger partial charge in [-0.3, -0.25) is 0 Å². The number of rotatable bonds is 4. The van der Waals surface area contributed by atoms with E-state index in [1.807, 2.05) is 0 Å². The van der Waals surface area contributed by atoms with Gasteiger partial charge in [-0.05, 0) is 26.0 Å². The Morgan fingerprint density at radius 1 is 1.31 bits per heavy atom. The number of benzene rings is 1. The Labute approximate surface area is 174 Å². The van der Waals surface area contributed by atoms with Crippen molar-refractivity contribution in [3.63, 3.8) is 0 Å². The monoisotopic (exact) mass is 450 g/mol. The van der Waals surface area contributed by atoms with E-state index in [1.54, 1.807) is 6.92 Å². The molecule has 0 amide bonds. The zero-order valence-corrected chi connectivity index (χ0v) is 16.8. The molecule has 29 heavy (non-hydrogen) atoms. The number of hydrogen-bond acceptors (Lipinski definition) is 4. The highest BCUT2D eigenvalue weighted by molar-refractivity contribution is 6.36. The summed E-state index contributed by atoms with van der Waals surface area (Å²) in [6.45, 7) is 2.19. The Kier molecular flexibility index (Phi) is 6.89. The number of ether oxygens (including phenoxy) is 1. The molecule has 2 rings (SSSR count). The van der Waals surface area contributed by atoms with Gasteiger partial charge in [0.15, 0.2) is 17.2 Å². The van der Waals surface area contributed by atoms with Gasteiger partial charge in [-0.1, -0.05) is 35.0 Å². The minimum atomic E-state index is -4.81. The second-order valence-corrected chi connectivity index (χ2v) is 7.16. The fraction of sp³-hybridized carbons (Fsp3) is 0.316. The molecule has 156 valence electrons. The van der Waals surface area contributed by atoms with Crippen molar-refractivity contribution in [2.24, 2.45) is 0 Å². The molecule has 3 N–H and O–H groups in total. The van der Waals surface area contributed by atoms with Crippen molar-refractivity contribution >= 4 is 29.0 Å². The summed E-state index contributed by atoms with van der Waals surface area (Å²) in [5.74, 6) is 4.08. The van der Waals surface area contributed by atoms with Gasteiger partial charge in [0.1, 0.15) is 11.9 Å². The quantitative estimate of drug-likeness (QED) is 0.376. The first-order chi connectivity index (χ1) is 13.3. The molecular weight excluding hydrogens is 435 g/mol. The van der Waals surface area contributed by atoms with Gasteiger partial charge in [0.25, 0.3) is 0 Å². The Hall–Kier alpha value is -2.21. The van der Waals surface area contributed by atoms with Gasteiger partial charge in [-0.15, -0.1) is 0 Å². The molecule has 0 bridgehead atoms. The summed E-state index contributed by atoms with van der Waals surface area (Å²) in [5, 5.41) is 9.38. The van der Waals surface area contributed by atoms with Crippen LogP contribution in [-0.4, -0.2) is 21.9 Å². The van der Waals surface area contributed by atoms with Crippen molar-refractivity contribution in [3.8, 4) is 17.6 Å². The fourth-order valence-electron chi connectivity index (χ4n) is 2.20. The summed E-state index contributed by atoms with van der Waals surface area (Å²) in [6, 6.07) is 3.80. The van der Waals surface area contributed by atoms with Crippen LogP contribution >= 0.6 is 23.2 Å². The molecule has 0 aliphatic rings. The molecule has 0 radical (unpaired) electrons. The van der Waals surface area contributed by atoms with Crippen molar-refractivity contribution in [3.05, 3.63) is 51.4 Å². The smallest absolute Gasteiger partial charge is 0.417 e. The van der Waals surface area contributed by atoms with Gasteiger partial charge in [-0.2, -0.15) is 13.2 Å². The van der Waals surface area contributed by atoms with Crippen molar-refractivity contribution in [1.82, 2.24) is 4.98 Å². The van der Waals surface area contributed by atoms with E-state index in [-0.39, 0.29) is 32.7 Å². The lowest BCUT2D eigenvalue weighted by Crippen LogP contribution is -2.41. The van der Waals surface area contributed by atoms with Crippen molar-refractivity contribution in [2.75, 3.05) is 5.73 Å². The van der Waals surface area contributed by atoms with E-state index in [0.29, 0.717) is 6.92 Å². The molecule has 10 heteroatoms. The molecule has 4 nitrogen and oxygen atoms in total. The van der Waals surface area contributed by atoms with Gasteiger partial charge in [0.2, 0.25) is 0 Å². The van der Waals surface area contributed by atoms with Crippen LogP contribution in [0.2, 0.25) is 10.0 Å². The lowest BCUT2D eigenvalue weighted by Gasteiger charge is -2.23. The van der Waals surface area contributed by atoms with Gasteiger partial charge in [0, 0.05) is 34.8 Å². The van der Waals surface area contributed by atoms with Gasteiger partial charge < -0.3 is 15.6 Å². The normalized spacial score (nSPS) is 14.5. The number of hydrogen-bond donors (Lipinski definition) is 2. The average Bonchev–Trinajstić information content (AvgIpc) is 2.60. The number of aromatic nitrogens is 1. The third-order valence-corrected chi connectivity index (χ3v) is 4.66. The predicted octanol–water partition coefficient (Wildman–Crippen LogP) is 5.30. The van der Waals surface area contributed by atoms with Crippen LogP contribution < -0.4 is 10.5 Å². The molecule has 1 heterocycles. The van der Waals surface area contributed by atoms with Crippen LogP contribution in [0.3, 0.4) is 0 Å². The second-order valence-electron chi connectivity index (χ2n) is 6.37. The fourth-order valence-corrected chi connectivity index (χ4v) is 2.88. The van der Waals surface area contributed by atoms with E-state index in [4.69, 9.17) is 33.7 Å². The van der Waals surface area contributed by atoms with E-state index in [2.05, 4.69) is 16.8 Å². The maximum Gasteiger partial charge on any atom is 0.417 e. The zero-order valence-electron chi connectivity index (χ0n) is 15.2. The lowest BCUT2D eigenvalue weighted by molar-refractivity contribution is -0.250. The van der Waals surface area contributed by atoms with E-state index < -0.39 is 30.1 Å². The number of pyridine rings is 1. The highest BCUT2D eigenvalue weighted by Gasteiger charge is 2.49. The summed E-state index contributed by atoms with van der Waals surface area (Å²) in [5.41, 5.74) is 3.22. The van der Waals surface area contributed by atoms with Gasteiger partial charge >= 0.3 is 6.18 Å². The van der Waals surface area contributed by atoms with Gasteiger partial charge in [0.05, 0.1) is 5.02 Å². The topological polar surface area (TPSA) is 68.4 Å². The third kappa shape index (κ3) is 5.44. The van der Waals surface area contributed by atoms with Crippen LogP contribution in [-0.2, 0) is 0 Å². The highest BCUT2D eigenvalue weighted by Crippen LogP contribution is 2.36. The molecule has 2 atom stereocenters. The maximum absolute atomic E-state index is 13.7. The molecule has 0 spiro atoms. The molecular formula is C19H16Cl2F4N2O2. The first-order valence-electron chi connectivity index (χ1n) is 8.17. The Bertz CT molecular complexity index is 969. The van der Waals surface area contributed by atoms with E-state index in [9.17, 15) is 22.7 Å². The maximum atomic E-state index is 13.7. The first-order valence-corrected chi connectivity index (χ1v) is 8.92. The highest BCUT2D eigenvalue weighted by atomic mass is 35.5.